The van der Waals surface area contributed by atoms with E-state index >= 15 is 0 Å². The molecule has 0 saturated heterocycles. The SMILES string of the molecule is COc1ccc(CN2C(=O)[C@@](O)(C[C@@H](C)O)c3ccccc32)cc1OC. The van der Waals surface area contributed by atoms with E-state index in [4.69, 9.17) is 9.47 Å². The van der Waals surface area contributed by atoms with E-state index in [-0.39, 0.29) is 13.0 Å². The second kappa shape index (κ2) is 6.97. The van der Waals surface area contributed by atoms with Gasteiger partial charge in [-0.15, -0.1) is 0 Å². The molecule has 6 nitrogen and oxygen atoms in total. The minimum Gasteiger partial charge on any atom is -0.493 e. The number of carbonyl (C=O) groups excluding carboxylic acids is 1. The number of methoxy groups -OCH3 is 2. The van der Waals surface area contributed by atoms with Crippen molar-refractivity contribution in [2.45, 2.75) is 31.6 Å². The molecule has 1 aliphatic rings. The van der Waals surface area contributed by atoms with E-state index in [1.54, 1.807) is 56.4 Å². The van der Waals surface area contributed by atoms with Crippen molar-refractivity contribution < 1.29 is 24.5 Å². The van der Waals surface area contributed by atoms with Crippen LogP contribution in [0.25, 0.3) is 0 Å². The van der Waals surface area contributed by atoms with Gasteiger partial charge in [0.25, 0.3) is 5.91 Å². The molecule has 1 aliphatic heterocycles. The number of para-hydroxylation sites is 1. The molecule has 2 atom stereocenters. The van der Waals surface area contributed by atoms with Crippen molar-refractivity contribution in [1.82, 2.24) is 0 Å². The lowest BCUT2D eigenvalue weighted by molar-refractivity contribution is -0.139. The number of hydrogen-bond donors (Lipinski definition) is 2. The fourth-order valence-corrected chi connectivity index (χ4v) is 3.45. The van der Waals surface area contributed by atoms with Gasteiger partial charge in [0.2, 0.25) is 0 Å². The van der Waals surface area contributed by atoms with Gasteiger partial charge in [0.1, 0.15) is 0 Å². The minimum absolute atomic E-state index is 0.0503. The van der Waals surface area contributed by atoms with Crippen molar-refractivity contribution in [2.75, 3.05) is 19.1 Å². The Labute approximate surface area is 152 Å². The highest BCUT2D eigenvalue weighted by molar-refractivity contribution is 6.06. The monoisotopic (exact) mass is 357 g/mol. The van der Waals surface area contributed by atoms with Gasteiger partial charge in [-0.3, -0.25) is 4.79 Å². The Hall–Kier alpha value is -2.57. The van der Waals surface area contributed by atoms with E-state index in [1.807, 2.05) is 12.1 Å². The van der Waals surface area contributed by atoms with Crippen LogP contribution >= 0.6 is 0 Å². The second-order valence-corrected chi connectivity index (χ2v) is 6.51. The molecule has 0 radical (unpaired) electrons. The molecule has 0 fully saturated rings. The molecule has 0 aliphatic carbocycles. The number of ether oxygens (including phenoxy) is 2. The molecule has 2 aromatic rings. The number of benzene rings is 2. The average Bonchev–Trinajstić information content (AvgIpc) is 2.83. The van der Waals surface area contributed by atoms with Crippen molar-refractivity contribution >= 4 is 11.6 Å². The van der Waals surface area contributed by atoms with Crippen LogP contribution in [0.1, 0.15) is 24.5 Å². The first-order valence-corrected chi connectivity index (χ1v) is 8.43. The number of aliphatic hydroxyl groups is 2. The number of carbonyl (C=O) groups is 1. The lowest BCUT2D eigenvalue weighted by Gasteiger charge is -2.24. The van der Waals surface area contributed by atoms with Gasteiger partial charge in [-0.1, -0.05) is 24.3 Å². The van der Waals surface area contributed by atoms with Crippen LogP contribution in [0.5, 0.6) is 11.5 Å². The summed E-state index contributed by atoms with van der Waals surface area (Å²) in [5.74, 6) is 0.744. The van der Waals surface area contributed by atoms with Gasteiger partial charge in [-0.2, -0.15) is 0 Å². The molecule has 6 heteroatoms. The fraction of sp³-hybridized carbons (Fsp3) is 0.350. The quantitative estimate of drug-likeness (QED) is 0.829. The van der Waals surface area contributed by atoms with Crippen LogP contribution in [0.15, 0.2) is 42.5 Å². The van der Waals surface area contributed by atoms with Gasteiger partial charge in [-0.05, 0) is 30.7 Å². The van der Waals surface area contributed by atoms with Crippen LogP contribution in [-0.4, -0.2) is 36.4 Å². The number of nitrogens with zero attached hydrogens (tertiary/aromatic N) is 1. The third kappa shape index (κ3) is 3.02. The van der Waals surface area contributed by atoms with Gasteiger partial charge in [0.15, 0.2) is 17.1 Å². The largest absolute Gasteiger partial charge is 0.493 e. The van der Waals surface area contributed by atoms with Crippen LogP contribution in [0.4, 0.5) is 5.69 Å². The van der Waals surface area contributed by atoms with Gasteiger partial charge >= 0.3 is 0 Å². The summed E-state index contributed by atoms with van der Waals surface area (Å²) in [6, 6.07) is 12.6. The maximum Gasteiger partial charge on any atom is 0.264 e. The zero-order chi connectivity index (χ0) is 18.9. The van der Waals surface area contributed by atoms with Crippen LogP contribution in [-0.2, 0) is 16.9 Å². The standard InChI is InChI=1S/C20H23NO5/c1-13(22)11-20(24)15-6-4-5-7-16(15)21(19(20)23)12-14-8-9-17(25-2)18(10-14)26-3/h4-10,13,22,24H,11-12H2,1-3H3/t13-,20-/m1/s1. The van der Waals surface area contributed by atoms with Crippen molar-refractivity contribution in [3.05, 3.63) is 53.6 Å². The number of anilines is 1. The summed E-state index contributed by atoms with van der Waals surface area (Å²) in [5, 5.41) is 20.8. The zero-order valence-electron chi connectivity index (χ0n) is 15.1. The van der Waals surface area contributed by atoms with E-state index < -0.39 is 17.6 Å². The van der Waals surface area contributed by atoms with Gasteiger partial charge in [-0.25, -0.2) is 0 Å². The highest BCUT2D eigenvalue weighted by Crippen LogP contribution is 2.43. The molecule has 0 bridgehead atoms. The molecule has 0 aromatic heterocycles. The molecule has 1 amide bonds. The summed E-state index contributed by atoms with van der Waals surface area (Å²) in [4.78, 5) is 14.6. The number of amides is 1. The minimum atomic E-state index is -1.72. The van der Waals surface area contributed by atoms with Crippen LogP contribution in [0.2, 0.25) is 0 Å². The first-order chi connectivity index (χ1) is 12.4. The number of hydrogen-bond acceptors (Lipinski definition) is 5. The topological polar surface area (TPSA) is 79.2 Å². The van der Waals surface area contributed by atoms with Crippen molar-refractivity contribution in [3.8, 4) is 11.5 Å². The molecular weight excluding hydrogens is 334 g/mol. The highest BCUT2D eigenvalue weighted by atomic mass is 16.5. The van der Waals surface area contributed by atoms with E-state index in [1.165, 1.54) is 0 Å². The number of rotatable bonds is 6. The molecule has 0 spiro atoms. The maximum atomic E-state index is 13.0. The van der Waals surface area contributed by atoms with Crippen LogP contribution in [0.3, 0.4) is 0 Å². The van der Waals surface area contributed by atoms with E-state index in [9.17, 15) is 15.0 Å². The Morgan fingerprint density at radius 3 is 2.46 bits per heavy atom. The molecule has 2 N–H and O–H groups in total. The van der Waals surface area contributed by atoms with E-state index in [0.717, 1.165) is 5.56 Å². The number of aliphatic hydroxyl groups excluding tert-OH is 1. The maximum absolute atomic E-state index is 13.0. The summed E-state index contributed by atoms with van der Waals surface area (Å²) >= 11 is 0. The lowest BCUT2D eigenvalue weighted by atomic mass is 9.90. The summed E-state index contributed by atoms with van der Waals surface area (Å²) in [6.45, 7) is 1.84. The van der Waals surface area contributed by atoms with E-state index in [2.05, 4.69) is 0 Å². The highest BCUT2D eigenvalue weighted by Gasteiger charge is 2.49. The predicted octanol–water partition coefficient (Wildman–Crippen LogP) is 2.21. The van der Waals surface area contributed by atoms with Gasteiger partial charge in [0, 0.05) is 12.0 Å². The molecule has 0 unspecified atom stereocenters. The molecule has 1 heterocycles. The van der Waals surface area contributed by atoms with Crippen molar-refractivity contribution in [2.24, 2.45) is 0 Å². The summed E-state index contributed by atoms with van der Waals surface area (Å²) in [6.07, 6.45) is -0.858. The molecule has 138 valence electrons. The van der Waals surface area contributed by atoms with Crippen molar-refractivity contribution in [1.29, 1.82) is 0 Å². The normalized spacial score (nSPS) is 20.0. The zero-order valence-corrected chi connectivity index (χ0v) is 15.1. The Balaban J connectivity index is 1.97. The van der Waals surface area contributed by atoms with Crippen LogP contribution in [0, 0.1) is 0 Å². The summed E-state index contributed by atoms with van der Waals surface area (Å²) < 4.78 is 10.6. The molecular formula is C20H23NO5. The smallest absolute Gasteiger partial charge is 0.264 e. The molecule has 26 heavy (non-hydrogen) atoms. The molecule has 0 saturated carbocycles. The van der Waals surface area contributed by atoms with Gasteiger partial charge < -0.3 is 24.6 Å². The fourth-order valence-electron chi connectivity index (χ4n) is 3.45. The predicted molar refractivity (Wildman–Crippen MR) is 97.4 cm³/mol. The first kappa shape index (κ1) is 18.2. The number of fused-ring (bicyclic) bond motifs is 1. The second-order valence-electron chi connectivity index (χ2n) is 6.51. The van der Waals surface area contributed by atoms with E-state index in [0.29, 0.717) is 22.7 Å². The summed E-state index contributed by atoms with van der Waals surface area (Å²) in [7, 11) is 3.12. The third-order valence-corrected chi connectivity index (χ3v) is 4.62. The first-order valence-electron chi connectivity index (χ1n) is 8.43. The van der Waals surface area contributed by atoms with Gasteiger partial charge in [0.05, 0.1) is 32.6 Å². The Morgan fingerprint density at radius 2 is 1.81 bits per heavy atom. The van der Waals surface area contributed by atoms with Crippen molar-refractivity contribution in [3.63, 3.8) is 0 Å². The third-order valence-electron chi connectivity index (χ3n) is 4.62. The Morgan fingerprint density at radius 1 is 1.12 bits per heavy atom. The Kier molecular flexibility index (Phi) is 4.89. The Bertz CT molecular complexity index is 820. The molecule has 2 aromatic carbocycles. The summed E-state index contributed by atoms with van der Waals surface area (Å²) in [5.41, 5.74) is 0.287. The molecule has 3 rings (SSSR count). The van der Waals surface area contributed by atoms with Crippen LogP contribution < -0.4 is 14.4 Å². The lowest BCUT2D eigenvalue weighted by Crippen LogP contribution is -2.41. The average molecular weight is 357 g/mol.